The lowest BCUT2D eigenvalue weighted by Gasteiger charge is -2.24. The molecular weight excluding hydrogens is 444 g/mol. The number of hydrogen-bond acceptors (Lipinski definition) is 6. The van der Waals surface area contributed by atoms with E-state index in [2.05, 4.69) is 10.6 Å². The Kier molecular flexibility index (Phi) is 8.48. The molecule has 0 saturated heterocycles. The second-order valence-electron chi connectivity index (χ2n) is 9.53. The molecule has 0 aliphatic carbocycles. The van der Waals surface area contributed by atoms with Crippen molar-refractivity contribution in [2.75, 3.05) is 18.4 Å². The number of esters is 1. The van der Waals surface area contributed by atoms with E-state index in [-0.39, 0.29) is 31.2 Å². The highest BCUT2D eigenvalue weighted by Crippen LogP contribution is 2.26. The number of anilines is 1. The summed E-state index contributed by atoms with van der Waals surface area (Å²) in [7, 11) is 0. The number of benzene rings is 2. The molecule has 0 radical (unpaired) electrons. The molecule has 2 amide bonds. The highest BCUT2D eigenvalue weighted by molar-refractivity contribution is 5.93. The molecular formula is C27H32N4O4. The average molecular weight is 477 g/mol. The average Bonchev–Trinajstić information content (AvgIpc) is 2.93. The fourth-order valence-electron chi connectivity index (χ4n) is 3.83. The molecule has 184 valence electrons. The summed E-state index contributed by atoms with van der Waals surface area (Å²) < 4.78 is 5.50. The first-order chi connectivity index (χ1) is 16.7. The lowest BCUT2D eigenvalue weighted by atomic mass is 10.1. The van der Waals surface area contributed by atoms with Crippen LogP contribution in [0.2, 0.25) is 0 Å². The van der Waals surface area contributed by atoms with Crippen LogP contribution in [-0.2, 0) is 27.3 Å². The third kappa shape index (κ3) is 7.57. The van der Waals surface area contributed by atoms with Gasteiger partial charge in [-0.2, -0.15) is 5.26 Å². The van der Waals surface area contributed by atoms with Crippen molar-refractivity contribution in [2.24, 2.45) is 0 Å². The van der Waals surface area contributed by atoms with Crippen molar-refractivity contribution < 1.29 is 19.1 Å². The van der Waals surface area contributed by atoms with Gasteiger partial charge in [0.25, 0.3) is 0 Å². The largest absolute Gasteiger partial charge is 0.456 e. The van der Waals surface area contributed by atoms with E-state index < -0.39 is 17.6 Å². The van der Waals surface area contributed by atoms with Crippen molar-refractivity contribution in [3.63, 3.8) is 0 Å². The van der Waals surface area contributed by atoms with Crippen LogP contribution < -0.4 is 10.6 Å². The Morgan fingerprint density at radius 2 is 1.94 bits per heavy atom. The Bertz CT molecular complexity index is 1100. The first-order valence-electron chi connectivity index (χ1n) is 11.8. The molecule has 3 rings (SSSR count). The van der Waals surface area contributed by atoms with Crippen molar-refractivity contribution in [3.05, 3.63) is 65.2 Å². The summed E-state index contributed by atoms with van der Waals surface area (Å²) in [6.45, 7) is 6.44. The van der Waals surface area contributed by atoms with Crippen molar-refractivity contribution in [1.82, 2.24) is 10.2 Å². The van der Waals surface area contributed by atoms with Crippen LogP contribution in [0.25, 0.3) is 0 Å². The number of hydrogen-bond donors (Lipinski definition) is 2. The summed E-state index contributed by atoms with van der Waals surface area (Å²) in [6, 6.07) is 16.3. The number of fused-ring (bicyclic) bond motifs is 1. The van der Waals surface area contributed by atoms with Crippen molar-refractivity contribution in [1.29, 1.82) is 5.26 Å². The van der Waals surface area contributed by atoms with Gasteiger partial charge >= 0.3 is 5.97 Å². The molecule has 1 atom stereocenters. The van der Waals surface area contributed by atoms with Crippen LogP contribution in [0, 0.1) is 11.3 Å². The second-order valence-corrected chi connectivity index (χ2v) is 9.53. The first kappa shape index (κ1) is 25.8. The van der Waals surface area contributed by atoms with Crippen molar-refractivity contribution >= 4 is 23.5 Å². The fourth-order valence-corrected chi connectivity index (χ4v) is 3.83. The standard InChI is InChI=1S/C27H32N4O4/c1-27(2,3)35-26(34)20-10-11-22-21(16-20)18-31(15-12-19-8-5-4-6-9-19)25(33)23(30-22)17-24(32)29-14-7-13-28/h4-6,8-11,16,23,30H,7,12,14-15,17-18H2,1-3H3,(H,29,32). The third-order valence-electron chi connectivity index (χ3n) is 5.50. The van der Waals surface area contributed by atoms with E-state index in [1.54, 1.807) is 23.1 Å². The van der Waals surface area contributed by atoms with Crippen LogP contribution in [0.5, 0.6) is 0 Å². The van der Waals surface area contributed by atoms with Gasteiger partial charge in [-0.3, -0.25) is 9.59 Å². The van der Waals surface area contributed by atoms with Crippen LogP contribution in [0.4, 0.5) is 5.69 Å². The topological polar surface area (TPSA) is 112 Å². The van der Waals surface area contributed by atoms with Gasteiger partial charge in [-0.25, -0.2) is 4.79 Å². The zero-order chi connectivity index (χ0) is 25.4. The van der Waals surface area contributed by atoms with E-state index in [4.69, 9.17) is 10.00 Å². The Balaban J connectivity index is 1.84. The van der Waals surface area contributed by atoms with Gasteiger partial charge in [-0.1, -0.05) is 30.3 Å². The molecule has 1 unspecified atom stereocenters. The molecule has 8 nitrogen and oxygen atoms in total. The number of ether oxygens (including phenoxy) is 1. The zero-order valence-electron chi connectivity index (χ0n) is 20.5. The molecule has 1 heterocycles. The molecule has 0 fully saturated rings. The summed E-state index contributed by atoms with van der Waals surface area (Å²) in [5, 5.41) is 14.6. The monoisotopic (exact) mass is 476 g/mol. The van der Waals surface area contributed by atoms with Gasteiger partial charge in [-0.15, -0.1) is 0 Å². The maximum atomic E-state index is 13.4. The molecule has 0 bridgehead atoms. The summed E-state index contributed by atoms with van der Waals surface area (Å²) >= 11 is 0. The molecule has 2 aromatic carbocycles. The molecule has 2 aromatic rings. The predicted octanol–water partition coefficient (Wildman–Crippen LogP) is 3.43. The third-order valence-corrected chi connectivity index (χ3v) is 5.50. The van der Waals surface area contributed by atoms with Crippen LogP contribution in [-0.4, -0.2) is 47.4 Å². The summed E-state index contributed by atoms with van der Waals surface area (Å²) in [5.74, 6) is -0.922. The second kappa shape index (κ2) is 11.5. The van der Waals surface area contributed by atoms with Gasteiger partial charge in [0.1, 0.15) is 11.6 Å². The first-order valence-corrected chi connectivity index (χ1v) is 11.8. The smallest absolute Gasteiger partial charge is 0.338 e. The Labute approximate surface area is 206 Å². The van der Waals surface area contributed by atoms with Gasteiger partial charge in [0.2, 0.25) is 11.8 Å². The van der Waals surface area contributed by atoms with Crippen LogP contribution >= 0.6 is 0 Å². The van der Waals surface area contributed by atoms with Crippen LogP contribution in [0.3, 0.4) is 0 Å². The number of carbonyl (C=O) groups is 3. The zero-order valence-corrected chi connectivity index (χ0v) is 20.5. The molecule has 0 aromatic heterocycles. The van der Waals surface area contributed by atoms with E-state index in [0.717, 1.165) is 11.1 Å². The maximum absolute atomic E-state index is 13.4. The lowest BCUT2D eigenvalue weighted by Crippen LogP contribution is -2.44. The van der Waals surface area contributed by atoms with Crippen molar-refractivity contribution in [2.45, 2.75) is 58.2 Å². The van der Waals surface area contributed by atoms with Crippen molar-refractivity contribution in [3.8, 4) is 6.07 Å². The Morgan fingerprint density at radius 3 is 2.63 bits per heavy atom. The summed E-state index contributed by atoms with van der Waals surface area (Å²) in [5.41, 5.74) is 2.36. The molecule has 1 aliphatic rings. The number of nitrogens with zero attached hydrogens (tertiary/aromatic N) is 2. The van der Waals surface area contributed by atoms with E-state index >= 15 is 0 Å². The van der Waals surface area contributed by atoms with Crippen LogP contribution in [0.15, 0.2) is 48.5 Å². The van der Waals surface area contributed by atoms with E-state index in [9.17, 15) is 14.4 Å². The molecule has 0 spiro atoms. The summed E-state index contributed by atoms with van der Waals surface area (Å²) in [4.78, 5) is 40.2. The maximum Gasteiger partial charge on any atom is 0.338 e. The van der Waals surface area contributed by atoms with Gasteiger partial charge in [0.15, 0.2) is 0 Å². The molecule has 2 N–H and O–H groups in total. The highest BCUT2D eigenvalue weighted by Gasteiger charge is 2.31. The van der Waals surface area contributed by atoms with Gasteiger partial charge < -0.3 is 20.3 Å². The van der Waals surface area contributed by atoms with Gasteiger partial charge in [0, 0.05) is 25.3 Å². The van der Waals surface area contributed by atoms with Crippen LogP contribution in [0.1, 0.15) is 55.1 Å². The van der Waals surface area contributed by atoms with E-state index in [0.29, 0.717) is 30.8 Å². The minimum atomic E-state index is -0.763. The quantitative estimate of drug-likeness (QED) is 0.446. The van der Waals surface area contributed by atoms with Gasteiger partial charge in [-0.05, 0) is 56.5 Å². The number of carbonyl (C=O) groups excluding carboxylic acids is 3. The predicted molar refractivity (Wildman–Crippen MR) is 132 cm³/mol. The molecule has 1 aliphatic heterocycles. The number of amides is 2. The lowest BCUT2D eigenvalue weighted by molar-refractivity contribution is -0.134. The minimum Gasteiger partial charge on any atom is -0.456 e. The molecule has 35 heavy (non-hydrogen) atoms. The van der Waals surface area contributed by atoms with Gasteiger partial charge in [0.05, 0.1) is 24.5 Å². The SMILES string of the molecule is CC(C)(C)OC(=O)c1ccc2c(c1)CN(CCc1ccccc1)C(=O)C(CC(=O)NCCC#N)N2. The van der Waals surface area contributed by atoms with E-state index in [1.807, 2.05) is 57.2 Å². The number of nitrogens with one attached hydrogen (secondary N) is 2. The number of nitriles is 1. The molecule has 8 heteroatoms. The Hall–Kier alpha value is -3.86. The van der Waals surface area contributed by atoms with E-state index in [1.165, 1.54) is 0 Å². The minimum absolute atomic E-state index is 0.0562. The fraction of sp³-hybridized carbons (Fsp3) is 0.407. The number of rotatable bonds is 8. The summed E-state index contributed by atoms with van der Waals surface area (Å²) in [6.07, 6.45) is 0.811. The highest BCUT2D eigenvalue weighted by atomic mass is 16.6. The molecule has 0 saturated carbocycles. The Morgan fingerprint density at radius 1 is 1.20 bits per heavy atom. The normalized spacial score (nSPS) is 15.3.